The number of piperazine rings is 1. The van der Waals surface area contributed by atoms with Gasteiger partial charge in [0.15, 0.2) is 0 Å². The highest BCUT2D eigenvalue weighted by molar-refractivity contribution is 6.31. The number of carbonyl (C=O) groups is 2. The van der Waals surface area contributed by atoms with Gasteiger partial charge in [0.1, 0.15) is 11.8 Å². The van der Waals surface area contributed by atoms with E-state index in [2.05, 4.69) is 0 Å². The average Bonchev–Trinajstić information content (AvgIpc) is 2.64. The molecule has 1 atom stereocenters. The van der Waals surface area contributed by atoms with E-state index >= 15 is 0 Å². The smallest absolute Gasteiger partial charge is 0.254 e. The molecule has 2 amide bonds. The first-order valence-electron chi connectivity index (χ1n) is 8.45. The number of hydrogen-bond donors (Lipinski definition) is 0. The predicted molar refractivity (Wildman–Crippen MR) is 102 cm³/mol. The number of nitrogens with zero attached hydrogens (tertiary/aromatic N) is 2. The summed E-state index contributed by atoms with van der Waals surface area (Å²) in [4.78, 5) is 29.1. The molecule has 136 valence electrons. The van der Waals surface area contributed by atoms with Crippen LogP contribution in [0.1, 0.15) is 22.8 Å². The minimum absolute atomic E-state index is 0.123. The maximum atomic E-state index is 13.0. The summed E-state index contributed by atoms with van der Waals surface area (Å²) >= 11 is 6.10. The van der Waals surface area contributed by atoms with E-state index in [-0.39, 0.29) is 11.8 Å². The van der Waals surface area contributed by atoms with E-state index in [1.54, 1.807) is 48.1 Å². The van der Waals surface area contributed by atoms with Crippen molar-refractivity contribution >= 4 is 29.1 Å². The molecular weight excluding hydrogens is 352 g/mol. The Bertz CT molecular complexity index is 853. The zero-order valence-electron chi connectivity index (χ0n) is 15.0. The lowest BCUT2D eigenvalue weighted by atomic mass is 10.0. The molecule has 1 fully saturated rings. The Morgan fingerprint density at radius 2 is 1.92 bits per heavy atom. The molecule has 1 aliphatic heterocycles. The van der Waals surface area contributed by atoms with Gasteiger partial charge in [-0.1, -0.05) is 29.8 Å². The largest absolute Gasteiger partial charge is 0.495 e. The second-order valence-electron chi connectivity index (χ2n) is 6.30. The van der Waals surface area contributed by atoms with Crippen molar-refractivity contribution in [2.45, 2.75) is 19.9 Å². The molecular formula is C20H21ClN2O3. The first-order valence-corrected chi connectivity index (χ1v) is 8.83. The van der Waals surface area contributed by atoms with Crippen LogP contribution >= 0.6 is 11.6 Å². The van der Waals surface area contributed by atoms with Crippen molar-refractivity contribution in [3.8, 4) is 5.75 Å². The van der Waals surface area contributed by atoms with E-state index in [1.807, 2.05) is 25.1 Å². The summed E-state index contributed by atoms with van der Waals surface area (Å²) < 4.78 is 5.36. The number of hydrogen-bond acceptors (Lipinski definition) is 3. The number of anilines is 1. The van der Waals surface area contributed by atoms with Crippen LogP contribution in [0.25, 0.3) is 0 Å². The number of carbonyl (C=O) groups excluding carboxylic acids is 2. The number of rotatable bonds is 3. The van der Waals surface area contributed by atoms with Gasteiger partial charge in [0.2, 0.25) is 5.91 Å². The molecule has 3 rings (SSSR count). The fourth-order valence-corrected chi connectivity index (χ4v) is 3.40. The number of amides is 2. The van der Waals surface area contributed by atoms with Gasteiger partial charge in [-0.2, -0.15) is 0 Å². The maximum Gasteiger partial charge on any atom is 0.254 e. The third-order valence-electron chi connectivity index (χ3n) is 4.72. The molecule has 0 N–H and O–H groups in total. The molecule has 1 aliphatic rings. The first-order chi connectivity index (χ1) is 12.4. The second kappa shape index (κ2) is 7.38. The van der Waals surface area contributed by atoms with Crippen LogP contribution in [0, 0.1) is 6.92 Å². The molecule has 1 saturated heterocycles. The van der Waals surface area contributed by atoms with Crippen molar-refractivity contribution < 1.29 is 14.3 Å². The number of aryl methyl sites for hydroxylation is 1. The van der Waals surface area contributed by atoms with Crippen molar-refractivity contribution in [2.75, 3.05) is 25.1 Å². The van der Waals surface area contributed by atoms with E-state index in [0.717, 1.165) is 5.56 Å². The van der Waals surface area contributed by atoms with Crippen molar-refractivity contribution in [2.24, 2.45) is 0 Å². The summed E-state index contributed by atoms with van der Waals surface area (Å²) in [5.74, 6) is 0.300. The quantitative estimate of drug-likeness (QED) is 0.828. The number of halogens is 1. The maximum absolute atomic E-state index is 13.0. The predicted octanol–water partition coefficient (Wildman–Crippen LogP) is 3.53. The van der Waals surface area contributed by atoms with E-state index in [9.17, 15) is 9.59 Å². The highest BCUT2D eigenvalue weighted by atomic mass is 35.5. The van der Waals surface area contributed by atoms with E-state index in [4.69, 9.17) is 16.3 Å². The van der Waals surface area contributed by atoms with Crippen molar-refractivity contribution in [3.63, 3.8) is 0 Å². The Balaban J connectivity index is 1.87. The molecule has 0 radical (unpaired) electrons. The van der Waals surface area contributed by atoms with Gasteiger partial charge in [-0.15, -0.1) is 0 Å². The van der Waals surface area contributed by atoms with E-state index in [1.165, 1.54) is 0 Å². The summed E-state index contributed by atoms with van der Waals surface area (Å²) in [6.07, 6.45) is 0. The van der Waals surface area contributed by atoms with Crippen LogP contribution in [0.3, 0.4) is 0 Å². The number of ether oxygens (including phenoxy) is 1. The third kappa shape index (κ3) is 3.27. The highest BCUT2D eigenvalue weighted by Gasteiger charge is 2.36. The lowest BCUT2D eigenvalue weighted by molar-refractivity contribution is -0.124. The Morgan fingerprint density at radius 1 is 1.19 bits per heavy atom. The fourth-order valence-electron chi connectivity index (χ4n) is 3.23. The van der Waals surface area contributed by atoms with Crippen LogP contribution in [-0.4, -0.2) is 43.0 Å². The summed E-state index contributed by atoms with van der Waals surface area (Å²) in [7, 11) is 1.55. The van der Waals surface area contributed by atoms with Crippen molar-refractivity contribution in [3.05, 3.63) is 58.6 Å². The van der Waals surface area contributed by atoms with E-state index < -0.39 is 6.04 Å². The zero-order chi connectivity index (χ0) is 18.8. The van der Waals surface area contributed by atoms with Gasteiger partial charge in [-0.3, -0.25) is 9.59 Å². The van der Waals surface area contributed by atoms with Gasteiger partial charge in [-0.25, -0.2) is 0 Å². The molecule has 5 nitrogen and oxygen atoms in total. The lowest BCUT2D eigenvalue weighted by Crippen LogP contribution is -2.57. The minimum Gasteiger partial charge on any atom is -0.495 e. The van der Waals surface area contributed by atoms with Crippen LogP contribution in [0.4, 0.5) is 5.69 Å². The van der Waals surface area contributed by atoms with Crippen molar-refractivity contribution in [1.29, 1.82) is 0 Å². The molecule has 0 bridgehead atoms. The Hall–Kier alpha value is -2.53. The Morgan fingerprint density at radius 3 is 2.62 bits per heavy atom. The zero-order valence-corrected chi connectivity index (χ0v) is 15.8. The summed E-state index contributed by atoms with van der Waals surface area (Å²) in [5, 5.41) is 0.527. The van der Waals surface area contributed by atoms with E-state index in [0.29, 0.717) is 35.1 Å². The van der Waals surface area contributed by atoms with Crippen LogP contribution in [0.2, 0.25) is 5.02 Å². The summed E-state index contributed by atoms with van der Waals surface area (Å²) in [6, 6.07) is 12.0. The van der Waals surface area contributed by atoms with Gasteiger partial charge in [-0.05, 0) is 43.7 Å². The summed E-state index contributed by atoms with van der Waals surface area (Å²) in [6.45, 7) is 4.47. The Kier molecular flexibility index (Phi) is 5.18. The number of methoxy groups -OCH3 is 1. The second-order valence-corrected chi connectivity index (χ2v) is 6.73. The topological polar surface area (TPSA) is 49.9 Å². The Labute approximate surface area is 158 Å². The normalized spacial score (nSPS) is 17.4. The van der Waals surface area contributed by atoms with Gasteiger partial charge in [0.25, 0.3) is 5.91 Å². The summed E-state index contributed by atoms with van der Waals surface area (Å²) in [5.41, 5.74) is 2.15. The molecule has 2 aromatic carbocycles. The molecule has 26 heavy (non-hydrogen) atoms. The van der Waals surface area contributed by atoms with Gasteiger partial charge >= 0.3 is 0 Å². The van der Waals surface area contributed by atoms with Gasteiger partial charge < -0.3 is 14.5 Å². The molecule has 0 unspecified atom stereocenters. The first kappa shape index (κ1) is 18.3. The van der Waals surface area contributed by atoms with Crippen LogP contribution in [0.5, 0.6) is 5.75 Å². The average molecular weight is 373 g/mol. The molecule has 2 aromatic rings. The van der Waals surface area contributed by atoms with Crippen LogP contribution in [-0.2, 0) is 4.79 Å². The number of benzene rings is 2. The molecule has 0 spiro atoms. The van der Waals surface area contributed by atoms with Gasteiger partial charge in [0.05, 0.1) is 12.8 Å². The molecule has 0 aliphatic carbocycles. The van der Waals surface area contributed by atoms with Crippen LogP contribution < -0.4 is 9.64 Å². The molecule has 6 heteroatoms. The third-order valence-corrected chi connectivity index (χ3v) is 4.96. The SMILES string of the molecule is COc1ccc(Cl)cc1N1CCN(C(=O)c2ccccc2C)[C@H](C)C1=O. The molecule has 0 saturated carbocycles. The molecule has 0 aromatic heterocycles. The molecule has 1 heterocycles. The standard InChI is InChI=1S/C20H21ClN2O3/c1-13-6-4-5-7-16(13)20(25)22-10-11-23(19(24)14(22)2)17-12-15(21)8-9-18(17)26-3/h4-9,12,14H,10-11H2,1-3H3/t14-/m1/s1. The minimum atomic E-state index is -0.570. The highest BCUT2D eigenvalue weighted by Crippen LogP contribution is 2.33. The van der Waals surface area contributed by atoms with Crippen molar-refractivity contribution in [1.82, 2.24) is 4.90 Å². The lowest BCUT2D eigenvalue weighted by Gasteiger charge is -2.39. The van der Waals surface area contributed by atoms with Crippen LogP contribution in [0.15, 0.2) is 42.5 Å². The van der Waals surface area contributed by atoms with Gasteiger partial charge in [0, 0.05) is 23.7 Å². The fraction of sp³-hybridized carbons (Fsp3) is 0.300. The monoisotopic (exact) mass is 372 g/mol.